The van der Waals surface area contributed by atoms with Crippen LogP contribution in [0.5, 0.6) is 0 Å². The van der Waals surface area contributed by atoms with Gasteiger partial charge in [-0.05, 0) is 53.7 Å². The molecule has 0 saturated heterocycles. The molecule has 30 heavy (non-hydrogen) atoms. The second-order valence-corrected chi connectivity index (χ2v) is 6.41. The third kappa shape index (κ3) is 4.07. The SMILES string of the molecule is CC(=O)c1ccc(NC(=O)/C(=C/c2ccco2)n2nnnc2-c2ccccc2)cc1. The van der Waals surface area contributed by atoms with Crippen LogP contribution in [0.15, 0.2) is 77.4 Å². The number of Topliss-reactive ketones (excluding diaryl/α,β-unsaturated/α-hetero) is 1. The van der Waals surface area contributed by atoms with Crippen LogP contribution < -0.4 is 5.32 Å². The highest BCUT2D eigenvalue weighted by Crippen LogP contribution is 2.22. The Labute approximate surface area is 171 Å². The summed E-state index contributed by atoms with van der Waals surface area (Å²) in [5.41, 5.74) is 2.02. The van der Waals surface area contributed by atoms with Gasteiger partial charge in [-0.2, -0.15) is 4.68 Å². The maximum Gasteiger partial charge on any atom is 0.274 e. The molecule has 2 aromatic heterocycles. The molecule has 0 atom stereocenters. The number of carbonyl (C=O) groups is 2. The monoisotopic (exact) mass is 399 g/mol. The van der Waals surface area contributed by atoms with Crippen molar-refractivity contribution in [3.05, 3.63) is 84.3 Å². The first kappa shape index (κ1) is 19.0. The van der Waals surface area contributed by atoms with E-state index in [9.17, 15) is 9.59 Å². The Morgan fingerprint density at radius 1 is 1.00 bits per heavy atom. The second kappa shape index (κ2) is 8.36. The molecule has 0 aliphatic heterocycles. The fourth-order valence-corrected chi connectivity index (χ4v) is 2.83. The van der Waals surface area contributed by atoms with Crippen molar-refractivity contribution in [2.24, 2.45) is 0 Å². The fourth-order valence-electron chi connectivity index (χ4n) is 2.83. The first-order chi connectivity index (χ1) is 14.6. The molecule has 4 rings (SSSR count). The van der Waals surface area contributed by atoms with Gasteiger partial charge in [0, 0.05) is 22.9 Å². The molecule has 0 radical (unpaired) electrons. The summed E-state index contributed by atoms with van der Waals surface area (Å²) in [5, 5.41) is 14.6. The van der Waals surface area contributed by atoms with Crippen molar-refractivity contribution in [3.63, 3.8) is 0 Å². The Hall–Kier alpha value is -4.33. The van der Waals surface area contributed by atoms with E-state index in [1.807, 2.05) is 30.3 Å². The molecule has 4 aromatic rings. The summed E-state index contributed by atoms with van der Waals surface area (Å²) >= 11 is 0. The molecule has 8 heteroatoms. The number of tetrazole rings is 1. The van der Waals surface area contributed by atoms with E-state index in [1.54, 1.807) is 42.5 Å². The molecule has 0 spiro atoms. The zero-order chi connectivity index (χ0) is 20.9. The smallest absolute Gasteiger partial charge is 0.274 e. The number of ketones is 1. The standard InChI is InChI=1S/C22H17N5O3/c1-15(28)16-9-11-18(12-10-16)23-22(29)20(14-19-8-5-13-30-19)27-21(24-25-26-27)17-6-3-2-4-7-17/h2-14H,1H3,(H,23,29)/b20-14-. The topological polar surface area (TPSA) is 103 Å². The lowest BCUT2D eigenvalue weighted by Gasteiger charge is -2.11. The minimum absolute atomic E-state index is 0.0486. The van der Waals surface area contributed by atoms with Crippen LogP contribution in [0.4, 0.5) is 5.69 Å². The minimum Gasteiger partial charge on any atom is -0.465 e. The summed E-state index contributed by atoms with van der Waals surface area (Å²) in [6.45, 7) is 1.49. The number of nitrogens with zero attached hydrogens (tertiary/aromatic N) is 4. The predicted molar refractivity (Wildman–Crippen MR) is 111 cm³/mol. The predicted octanol–water partition coefficient (Wildman–Crippen LogP) is 3.77. The van der Waals surface area contributed by atoms with Gasteiger partial charge in [0.2, 0.25) is 0 Å². The fraction of sp³-hybridized carbons (Fsp3) is 0.0455. The number of rotatable bonds is 6. The van der Waals surface area contributed by atoms with Crippen LogP contribution in [0.25, 0.3) is 23.2 Å². The molecule has 148 valence electrons. The lowest BCUT2D eigenvalue weighted by molar-refractivity contribution is -0.111. The van der Waals surface area contributed by atoms with Crippen molar-refractivity contribution in [1.29, 1.82) is 0 Å². The highest BCUT2D eigenvalue weighted by Gasteiger charge is 2.20. The maximum absolute atomic E-state index is 13.1. The quantitative estimate of drug-likeness (QED) is 0.391. The lowest BCUT2D eigenvalue weighted by Crippen LogP contribution is -2.19. The average molecular weight is 399 g/mol. The van der Waals surface area contributed by atoms with Crippen molar-refractivity contribution in [2.75, 3.05) is 5.32 Å². The normalized spacial score (nSPS) is 11.3. The Bertz CT molecular complexity index is 1190. The summed E-state index contributed by atoms with van der Waals surface area (Å²) in [5.74, 6) is 0.399. The van der Waals surface area contributed by atoms with Crippen LogP contribution >= 0.6 is 0 Å². The van der Waals surface area contributed by atoms with Gasteiger partial charge in [-0.1, -0.05) is 30.3 Å². The molecule has 2 heterocycles. The van der Waals surface area contributed by atoms with E-state index >= 15 is 0 Å². The third-order valence-corrected chi connectivity index (χ3v) is 4.33. The van der Waals surface area contributed by atoms with E-state index < -0.39 is 5.91 Å². The molecule has 0 bridgehead atoms. The number of anilines is 1. The second-order valence-electron chi connectivity index (χ2n) is 6.41. The van der Waals surface area contributed by atoms with Gasteiger partial charge in [0.1, 0.15) is 11.5 Å². The molecular formula is C22H17N5O3. The number of aromatic nitrogens is 4. The van der Waals surface area contributed by atoms with Gasteiger partial charge in [0.15, 0.2) is 11.6 Å². The Morgan fingerprint density at radius 3 is 2.43 bits per heavy atom. The number of amides is 1. The number of benzene rings is 2. The van der Waals surface area contributed by atoms with Gasteiger partial charge >= 0.3 is 0 Å². The van der Waals surface area contributed by atoms with Gasteiger partial charge in [-0.15, -0.1) is 5.10 Å². The highest BCUT2D eigenvalue weighted by molar-refractivity contribution is 6.24. The van der Waals surface area contributed by atoms with Gasteiger partial charge in [0.25, 0.3) is 5.91 Å². The molecule has 0 aliphatic carbocycles. The molecule has 8 nitrogen and oxygen atoms in total. The molecule has 0 unspecified atom stereocenters. The summed E-state index contributed by atoms with van der Waals surface area (Å²) < 4.78 is 6.73. The summed E-state index contributed by atoms with van der Waals surface area (Å²) in [7, 11) is 0. The van der Waals surface area contributed by atoms with Crippen LogP contribution in [0.1, 0.15) is 23.0 Å². The van der Waals surface area contributed by atoms with Crippen LogP contribution in [0.3, 0.4) is 0 Å². The minimum atomic E-state index is -0.438. The van der Waals surface area contributed by atoms with Crippen LogP contribution in [-0.4, -0.2) is 31.9 Å². The van der Waals surface area contributed by atoms with Crippen molar-refractivity contribution in [1.82, 2.24) is 20.2 Å². The summed E-state index contributed by atoms with van der Waals surface area (Å²) in [4.78, 5) is 24.6. The van der Waals surface area contributed by atoms with Gasteiger partial charge in [0.05, 0.1) is 6.26 Å². The molecule has 1 N–H and O–H groups in total. The summed E-state index contributed by atoms with van der Waals surface area (Å²) in [6.07, 6.45) is 3.07. The Kier molecular flexibility index (Phi) is 5.29. The van der Waals surface area contributed by atoms with E-state index in [0.717, 1.165) is 5.56 Å². The van der Waals surface area contributed by atoms with Crippen molar-refractivity contribution in [2.45, 2.75) is 6.92 Å². The van der Waals surface area contributed by atoms with Crippen molar-refractivity contribution in [3.8, 4) is 11.4 Å². The summed E-state index contributed by atoms with van der Waals surface area (Å²) in [6, 6.07) is 19.4. The number of carbonyl (C=O) groups excluding carboxylic acids is 2. The van der Waals surface area contributed by atoms with Gasteiger partial charge in [-0.25, -0.2) is 0 Å². The third-order valence-electron chi connectivity index (χ3n) is 4.33. The van der Waals surface area contributed by atoms with Crippen molar-refractivity contribution < 1.29 is 14.0 Å². The number of nitrogens with one attached hydrogen (secondary N) is 1. The van der Waals surface area contributed by atoms with E-state index in [1.165, 1.54) is 17.9 Å². The molecule has 2 aromatic carbocycles. The first-order valence-corrected chi connectivity index (χ1v) is 9.13. The largest absolute Gasteiger partial charge is 0.465 e. The van der Waals surface area contributed by atoms with Crippen molar-refractivity contribution >= 4 is 29.2 Å². The number of hydrogen-bond acceptors (Lipinski definition) is 6. The lowest BCUT2D eigenvalue weighted by atomic mass is 10.1. The Morgan fingerprint density at radius 2 is 1.77 bits per heavy atom. The van der Waals surface area contributed by atoms with E-state index in [0.29, 0.717) is 22.8 Å². The first-order valence-electron chi connectivity index (χ1n) is 9.13. The van der Waals surface area contributed by atoms with E-state index in [4.69, 9.17) is 4.42 Å². The van der Waals surface area contributed by atoms with Gasteiger partial charge < -0.3 is 9.73 Å². The van der Waals surface area contributed by atoms with E-state index in [-0.39, 0.29) is 11.5 Å². The highest BCUT2D eigenvalue weighted by atomic mass is 16.3. The number of hydrogen-bond donors (Lipinski definition) is 1. The zero-order valence-corrected chi connectivity index (χ0v) is 16.0. The Balaban J connectivity index is 1.71. The van der Waals surface area contributed by atoms with Crippen LogP contribution in [-0.2, 0) is 4.79 Å². The van der Waals surface area contributed by atoms with Crippen LogP contribution in [0, 0.1) is 0 Å². The molecular weight excluding hydrogens is 382 g/mol. The van der Waals surface area contributed by atoms with Crippen LogP contribution in [0.2, 0.25) is 0 Å². The molecule has 0 saturated carbocycles. The van der Waals surface area contributed by atoms with E-state index in [2.05, 4.69) is 20.8 Å². The maximum atomic E-state index is 13.1. The number of furan rings is 1. The van der Waals surface area contributed by atoms with Gasteiger partial charge in [-0.3, -0.25) is 9.59 Å². The molecule has 1 amide bonds. The average Bonchev–Trinajstić information content (AvgIpc) is 3.45. The molecule has 0 aliphatic rings. The zero-order valence-electron chi connectivity index (χ0n) is 16.0. The molecule has 0 fully saturated rings.